The number of aliphatic hydroxyl groups is 5. The number of rotatable bonds is 3. The molecule has 0 unspecified atom stereocenters. The molecule has 0 aromatic rings. The first-order valence-corrected chi connectivity index (χ1v) is 13.3. The minimum atomic E-state index is -1.95. The zero-order valence-corrected chi connectivity index (χ0v) is 21.8. The Balaban J connectivity index is 1.56. The third kappa shape index (κ3) is 2.77. The summed E-state index contributed by atoms with van der Waals surface area (Å²) in [7, 11) is 0. The van der Waals surface area contributed by atoms with E-state index in [0.717, 1.165) is 18.4 Å². The van der Waals surface area contributed by atoms with Gasteiger partial charge in [0.1, 0.15) is 34.3 Å². The van der Waals surface area contributed by atoms with E-state index >= 15 is 0 Å². The number of allylic oxidation sites excluding steroid dienone is 1. The first-order chi connectivity index (χ1) is 16.6. The molecule has 3 saturated carbocycles. The average Bonchev–Trinajstić information content (AvgIpc) is 3.03. The molecule has 1 aliphatic heterocycles. The Morgan fingerprint density at radius 2 is 1.81 bits per heavy atom. The zero-order valence-electron chi connectivity index (χ0n) is 21.8. The van der Waals surface area contributed by atoms with Crippen molar-refractivity contribution in [3.8, 4) is 0 Å². The second-order valence-electron chi connectivity index (χ2n) is 12.6. The van der Waals surface area contributed by atoms with Crippen molar-refractivity contribution in [2.45, 2.75) is 114 Å². The maximum absolute atomic E-state index is 13.2. The van der Waals surface area contributed by atoms with Crippen LogP contribution in [-0.4, -0.2) is 72.4 Å². The molecule has 8 nitrogen and oxygen atoms in total. The summed E-state index contributed by atoms with van der Waals surface area (Å²) in [6, 6.07) is 0. The molecule has 0 radical (unpaired) electrons. The van der Waals surface area contributed by atoms with Crippen LogP contribution in [0, 0.1) is 16.7 Å². The van der Waals surface area contributed by atoms with E-state index in [1.54, 1.807) is 13.8 Å². The quantitative estimate of drug-likeness (QED) is 0.289. The molecule has 200 valence electrons. The Bertz CT molecular complexity index is 1080. The number of aliphatic hydroxyl groups excluding tert-OH is 1. The van der Waals surface area contributed by atoms with E-state index in [1.165, 1.54) is 6.92 Å². The van der Waals surface area contributed by atoms with E-state index < -0.39 is 57.8 Å². The van der Waals surface area contributed by atoms with Gasteiger partial charge in [-0.2, -0.15) is 0 Å². The predicted octanol–water partition coefficient (Wildman–Crippen LogP) is 1.85. The number of esters is 1. The van der Waals surface area contributed by atoms with Crippen LogP contribution in [-0.2, 0) is 14.3 Å². The van der Waals surface area contributed by atoms with Crippen LogP contribution in [0.5, 0.6) is 0 Å². The van der Waals surface area contributed by atoms with Crippen LogP contribution in [0.25, 0.3) is 0 Å². The number of hydrogen-bond acceptors (Lipinski definition) is 8. The van der Waals surface area contributed by atoms with Gasteiger partial charge in [-0.3, -0.25) is 4.79 Å². The Morgan fingerprint density at radius 1 is 1.11 bits per heavy atom. The molecule has 0 saturated heterocycles. The van der Waals surface area contributed by atoms with Gasteiger partial charge >= 0.3 is 5.97 Å². The molecule has 36 heavy (non-hydrogen) atoms. The van der Waals surface area contributed by atoms with Crippen molar-refractivity contribution in [1.82, 2.24) is 0 Å². The number of Topliss-reactive ketones (excluding diaryl/α,β-unsaturated/α-hetero) is 1. The standard InChI is InChI=1S/C28H40O8/c1-16-14-21(36-22(31)18(16)15-29)25(4,32)27(34)12-13-28(35)23(27,2)10-9-19-24(3)17(6-5-7-20(24)30)8-11-26(19,28)33/h8,19,21,29,32-35H,5-7,9-15H2,1-4H3/t19-,21-,23-,24+,25-,26+,27+,28+/m1/s1. The molecule has 0 bridgehead atoms. The SMILES string of the molecule is CC1=C(CO)C(=O)O[C@@H]([C@@](C)(O)[C@]2(O)CC[C@]3(O)[C@]2(C)CC[C@@H]2[C@@]4(C)C(=O)CCCC4=CC[C@]23O)C1. The van der Waals surface area contributed by atoms with Crippen molar-refractivity contribution in [2.75, 3.05) is 6.61 Å². The van der Waals surface area contributed by atoms with Gasteiger partial charge in [0, 0.05) is 24.2 Å². The van der Waals surface area contributed by atoms with Crippen molar-refractivity contribution in [3.05, 3.63) is 22.8 Å². The Kier molecular flexibility index (Phi) is 5.59. The molecule has 1 heterocycles. The van der Waals surface area contributed by atoms with Gasteiger partial charge in [0.2, 0.25) is 0 Å². The van der Waals surface area contributed by atoms with E-state index in [2.05, 4.69) is 0 Å². The first kappa shape index (κ1) is 26.0. The first-order valence-electron chi connectivity index (χ1n) is 13.3. The largest absolute Gasteiger partial charge is 0.455 e. The summed E-state index contributed by atoms with van der Waals surface area (Å²) in [4.78, 5) is 25.8. The maximum atomic E-state index is 13.2. The summed E-state index contributed by atoms with van der Waals surface area (Å²) in [5, 5.41) is 58.4. The van der Waals surface area contributed by atoms with E-state index in [1.807, 2.05) is 13.0 Å². The lowest BCUT2D eigenvalue weighted by Gasteiger charge is -2.66. The monoisotopic (exact) mass is 504 g/mol. The fourth-order valence-electron chi connectivity index (χ4n) is 8.96. The van der Waals surface area contributed by atoms with Gasteiger partial charge in [0.15, 0.2) is 0 Å². The van der Waals surface area contributed by atoms with Gasteiger partial charge in [-0.25, -0.2) is 4.79 Å². The fourth-order valence-corrected chi connectivity index (χ4v) is 8.96. The molecular weight excluding hydrogens is 464 g/mol. The van der Waals surface area contributed by atoms with Crippen molar-refractivity contribution < 1.29 is 39.9 Å². The van der Waals surface area contributed by atoms with E-state index in [0.29, 0.717) is 18.4 Å². The van der Waals surface area contributed by atoms with Gasteiger partial charge in [0.25, 0.3) is 0 Å². The van der Waals surface area contributed by atoms with Crippen molar-refractivity contribution in [1.29, 1.82) is 0 Å². The molecule has 0 aromatic carbocycles. The van der Waals surface area contributed by atoms with E-state index in [9.17, 15) is 35.1 Å². The van der Waals surface area contributed by atoms with Gasteiger partial charge in [0.05, 0.1) is 17.6 Å². The maximum Gasteiger partial charge on any atom is 0.336 e. The van der Waals surface area contributed by atoms with E-state index in [-0.39, 0.29) is 43.5 Å². The highest BCUT2D eigenvalue weighted by atomic mass is 16.6. The topological polar surface area (TPSA) is 145 Å². The minimum absolute atomic E-state index is 0.00701. The number of ketones is 1. The van der Waals surface area contributed by atoms with Crippen LogP contribution in [0.3, 0.4) is 0 Å². The summed E-state index contributed by atoms with van der Waals surface area (Å²) in [6.45, 7) is 6.25. The molecule has 5 rings (SSSR count). The van der Waals surface area contributed by atoms with Crippen molar-refractivity contribution >= 4 is 11.8 Å². The molecule has 8 heteroatoms. The molecule has 4 aliphatic carbocycles. The van der Waals surface area contributed by atoms with Crippen LogP contribution in [0.4, 0.5) is 0 Å². The van der Waals surface area contributed by atoms with Gasteiger partial charge in [-0.05, 0) is 65.7 Å². The fraction of sp³-hybridized carbons (Fsp3) is 0.786. The highest BCUT2D eigenvalue weighted by molar-refractivity contribution is 5.91. The molecule has 5 aliphatic rings. The van der Waals surface area contributed by atoms with Gasteiger partial charge in [-0.15, -0.1) is 0 Å². The third-order valence-corrected chi connectivity index (χ3v) is 11.5. The Hall–Kier alpha value is -1.58. The lowest BCUT2D eigenvalue weighted by molar-refractivity contribution is -0.315. The Morgan fingerprint density at radius 3 is 2.44 bits per heavy atom. The average molecular weight is 505 g/mol. The molecule has 0 aromatic heterocycles. The lowest BCUT2D eigenvalue weighted by Crippen LogP contribution is -2.77. The van der Waals surface area contributed by atoms with Gasteiger partial charge in [-0.1, -0.05) is 24.1 Å². The summed E-state index contributed by atoms with van der Waals surface area (Å²) in [5.41, 5.74) is -7.70. The van der Waals surface area contributed by atoms with Crippen LogP contribution in [0.1, 0.15) is 85.5 Å². The summed E-state index contributed by atoms with van der Waals surface area (Å²) >= 11 is 0. The second-order valence-corrected chi connectivity index (χ2v) is 12.6. The number of ether oxygens (including phenoxy) is 1. The molecule has 3 fully saturated rings. The number of carbonyl (C=O) groups excluding carboxylic acids is 2. The highest BCUT2D eigenvalue weighted by Crippen LogP contribution is 2.71. The van der Waals surface area contributed by atoms with E-state index in [4.69, 9.17) is 4.74 Å². The molecule has 0 amide bonds. The summed E-state index contributed by atoms with van der Waals surface area (Å²) in [5.74, 6) is -1.14. The normalized spacial score (nSPS) is 48.4. The minimum Gasteiger partial charge on any atom is -0.455 e. The number of hydrogen-bond donors (Lipinski definition) is 5. The highest BCUT2D eigenvalue weighted by Gasteiger charge is 2.80. The van der Waals surface area contributed by atoms with Crippen LogP contribution in [0.2, 0.25) is 0 Å². The van der Waals surface area contributed by atoms with Crippen LogP contribution >= 0.6 is 0 Å². The van der Waals surface area contributed by atoms with Crippen LogP contribution in [0.15, 0.2) is 22.8 Å². The molecule has 0 spiro atoms. The smallest absolute Gasteiger partial charge is 0.336 e. The Labute approximate surface area is 212 Å². The third-order valence-electron chi connectivity index (χ3n) is 11.5. The van der Waals surface area contributed by atoms with Crippen LogP contribution < -0.4 is 0 Å². The lowest BCUT2D eigenvalue weighted by atomic mass is 9.42. The molecular formula is C28H40O8. The van der Waals surface area contributed by atoms with Crippen molar-refractivity contribution in [3.63, 3.8) is 0 Å². The van der Waals surface area contributed by atoms with Gasteiger partial charge < -0.3 is 30.3 Å². The number of carbonyl (C=O) groups is 2. The molecule has 8 atom stereocenters. The number of cyclic esters (lactones) is 1. The second kappa shape index (κ2) is 7.73. The summed E-state index contributed by atoms with van der Waals surface area (Å²) in [6.07, 6.45) is 3.92. The summed E-state index contributed by atoms with van der Waals surface area (Å²) < 4.78 is 5.53. The zero-order chi connectivity index (χ0) is 26.5. The number of fused-ring (bicyclic) bond motifs is 5. The molecule has 5 N–H and O–H groups in total. The predicted molar refractivity (Wildman–Crippen MR) is 129 cm³/mol. The van der Waals surface area contributed by atoms with Crippen molar-refractivity contribution in [2.24, 2.45) is 16.7 Å².